The molecule has 0 saturated carbocycles. The van der Waals surface area contributed by atoms with Crippen molar-refractivity contribution in [3.05, 3.63) is 41.7 Å². The molecule has 2 aromatic rings. The average Bonchev–Trinajstić information content (AvgIpc) is 2.73. The Hall–Kier alpha value is -2.81. The van der Waals surface area contributed by atoms with Crippen LogP contribution in [0.25, 0.3) is 0 Å². The Morgan fingerprint density at radius 3 is 2.25 bits per heavy atom. The molecular formula is C19H23FN6O2. The first-order valence-electron chi connectivity index (χ1n) is 9.43. The van der Waals surface area contributed by atoms with Gasteiger partial charge < -0.3 is 19.4 Å². The molecule has 0 aliphatic carbocycles. The predicted molar refractivity (Wildman–Crippen MR) is 102 cm³/mol. The van der Waals surface area contributed by atoms with Crippen molar-refractivity contribution >= 4 is 17.5 Å². The number of nitrogens with zero attached hydrogens (tertiary/aromatic N) is 6. The minimum Gasteiger partial charge on any atom is -0.378 e. The van der Waals surface area contributed by atoms with Crippen molar-refractivity contribution < 1.29 is 13.9 Å². The lowest BCUT2D eigenvalue weighted by Gasteiger charge is -2.36. The van der Waals surface area contributed by atoms with Gasteiger partial charge in [-0.3, -0.25) is 9.78 Å². The predicted octanol–water partition coefficient (Wildman–Crippen LogP) is 1.12. The summed E-state index contributed by atoms with van der Waals surface area (Å²) in [6, 6.07) is 3.23. The maximum atomic E-state index is 13.3. The average molecular weight is 386 g/mol. The van der Waals surface area contributed by atoms with Gasteiger partial charge in [0.05, 0.1) is 25.0 Å². The minimum atomic E-state index is -0.503. The summed E-state index contributed by atoms with van der Waals surface area (Å²) in [5.41, 5.74) is 0.279. The van der Waals surface area contributed by atoms with Crippen molar-refractivity contribution in [3.8, 4) is 0 Å². The Labute approximate surface area is 163 Å². The lowest BCUT2D eigenvalue weighted by atomic mass is 10.2. The van der Waals surface area contributed by atoms with Crippen LogP contribution in [-0.2, 0) is 4.74 Å². The molecule has 9 heteroatoms. The fourth-order valence-corrected chi connectivity index (χ4v) is 3.50. The van der Waals surface area contributed by atoms with E-state index < -0.39 is 5.82 Å². The smallest absolute Gasteiger partial charge is 0.255 e. The summed E-state index contributed by atoms with van der Waals surface area (Å²) >= 11 is 0. The highest BCUT2D eigenvalue weighted by Crippen LogP contribution is 2.21. The SMILES string of the molecule is Cc1nc(N2CCOCC2)cc(N2CCN(C(=O)c3cncc(F)c3)CC2)n1. The molecule has 4 rings (SSSR count). The van der Waals surface area contributed by atoms with Crippen LogP contribution in [-0.4, -0.2) is 78.2 Å². The summed E-state index contributed by atoms with van der Waals surface area (Å²) in [5, 5.41) is 0. The topological polar surface area (TPSA) is 74.7 Å². The molecule has 28 heavy (non-hydrogen) atoms. The van der Waals surface area contributed by atoms with Crippen LogP contribution in [0, 0.1) is 12.7 Å². The number of hydrogen-bond acceptors (Lipinski definition) is 7. The van der Waals surface area contributed by atoms with E-state index in [2.05, 4.69) is 24.8 Å². The molecule has 2 fully saturated rings. The second-order valence-corrected chi connectivity index (χ2v) is 6.90. The number of hydrogen-bond donors (Lipinski definition) is 0. The van der Waals surface area contributed by atoms with Gasteiger partial charge in [-0.25, -0.2) is 14.4 Å². The van der Waals surface area contributed by atoms with E-state index in [4.69, 9.17) is 4.74 Å². The van der Waals surface area contributed by atoms with Crippen molar-refractivity contribution in [2.45, 2.75) is 6.92 Å². The van der Waals surface area contributed by atoms with Crippen molar-refractivity contribution in [2.24, 2.45) is 0 Å². The zero-order chi connectivity index (χ0) is 19.5. The lowest BCUT2D eigenvalue weighted by molar-refractivity contribution is 0.0745. The molecule has 4 heterocycles. The molecule has 2 aliphatic heterocycles. The van der Waals surface area contributed by atoms with Gasteiger partial charge in [0.2, 0.25) is 0 Å². The van der Waals surface area contributed by atoms with Gasteiger partial charge >= 0.3 is 0 Å². The number of amides is 1. The number of carbonyl (C=O) groups is 1. The molecule has 0 N–H and O–H groups in total. The van der Waals surface area contributed by atoms with Crippen molar-refractivity contribution in [1.29, 1.82) is 0 Å². The van der Waals surface area contributed by atoms with Gasteiger partial charge in [-0.15, -0.1) is 0 Å². The summed E-state index contributed by atoms with van der Waals surface area (Å²) in [6.45, 7) is 7.35. The summed E-state index contributed by atoms with van der Waals surface area (Å²) in [4.78, 5) is 31.6. The summed E-state index contributed by atoms with van der Waals surface area (Å²) < 4.78 is 18.8. The van der Waals surface area contributed by atoms with Crippen LogP contribution in [0.4, 0.5) is 16.0 Å². The van der Waals surface area contributed by atoms with Crippen LogP contribution in [0.5, 0.6) is 0 Å². The second-order valence-electron chi connectivity index (χ2n) is 6.90. The second kappa shape index (κ2) is 8.05. The Balaban J connectivity index is 1.43. The van der Waals surface area contributed by atoms with E-state index in [1.54, 1.807) is 4.90 Å². The van der Waals surface area contributed by atoms with Crippen LogP contribution in [0.3, 0.4) is 0 Å². The molecule has 0 bridgehead atoms. The quantitative estimate of drug-likeness (QED) is 0.782. The number of morpholine rings is 1. The third-order valence-electron chi connectivity index (χ3n) is 4.99. The van der Waals surface area contributed by atoms with Gasteiger partial charge in [0, 0.05) is 51.5 Å². The molecule has 0 spiro atoms. The van der Waals surface area contributed by atoms with Gasteiger partial charge in [-0.05, 0) is 13.0 Å². The van der Waals surface area contributed by atoms with E-state index in [1.165, 1.54) is 12.3 Å². The highest BCUT2D eigenvalue weighted by atomic mass is 19.1. The normalized spacial score (nSPS) is 17.7. The number of pyridine rings is 1. The van der Waals surface area contributed by atoms with E-state index in [0.717, 1.165) is 36.7 Å². The van der Waals surface area contributed by atoms with E-state index >= 15 is 0 Å². The molecular weight excluding hydrogens is 363 g/mol. The largest absolute Gasteiger partial charge is 0.378 e. The Bertz CT molecular complexity index is 850. The molecule has 2 aliphatic rings. The third-order valence-corrected chi connectivity index (χ3v) is 4.99. The van der Waals surface area contributed by atoms with E-state index in [9.17, 15) is 9.18 Å². The third kappa shape index (κ3) is 4.04. The first-order valence-corrected chi connectivity index (χ1v) is 9.43. The van der Waals surface area contributed by atoms with Crippen LogP contribution in [0.1, 0.15) is 16.2 Å². The van der Waals surface area contributed by atoms with Crippen molar-refractivity contribution in [3.63, 3.8) is 0 Å². The van der Waals surface area contributed by atoms with E-state index in [0.29, 0.717) is 39.4 Å². The van der Waals surface area contributed by atoms with Gasteiger partial charge in [0.1, 0.15) is 23.3 Å². The molecule has 0 atom stereocenters. The molecule has 148 valence electrons. The van der Waals surface area contributed by atoms with Crippen LogP contribution >= 0.6 is 0 Å². The number of carbonyl (C=O) groups excluding carboxylic acids is 1. The number of rotatable bonds is 3. The van der Waals surface area contributed by atoms with E-state index in [1.807, 2.05) is 13.0 Å². The summed E-state index contributed by atoms with van der Waals surface area (Å²) in [6.07, 6.45) is 2.50. The monoisotopic (exact) mass is 386 g/mol. The molecule has 0 unspecified atom stereocenters. The lowest BCUT2D eigenvalue weighted by Crippen LogP contribution is -2.49. The molecule has 1 amide bonds. The zero-order valence-corrected chi connectivity index (χ0v) is 15.8. The highest BCUT2D eigenvalue weighted by Gasteiger charge is 2.24. The maximum absolute atomic E-state index is 13.3. The Kier molecular flexibility index (Phi) is 5.34. The summed E-state index contributed by atoms with van der Waals surface area (Å²) in [7, 11) is 0. The minimum absolute atomic E-state index is 0.195. The molecule has 8 nitrogen and oxygen atoms in total. The van der Waals surface area contributed by atoms with E-state index in [-0.39, 0.29) is 11.5 Å². The Morgan fingerprint density at radius 1 is 0.964 bits per heavy atom. The van der Waals surface area contributed by atoms with Crippen LogP contribution in [0.2, 0.25) is 0 Å². The number of aryl methyl sites for hydroxylation is 1. The van der Waals surface area contributed by atoms with Gasteiger partial charge in [-0.1, -0.05) is 0 Å². The molecule has 0 aromatic carbocycles. The summed E-state index contributed by atoms with van der Waals surface area (Å²) in [5.74, 6) is 1.81. The standard InChI is InChI=1S/C19H23FN6O2/c1-14-22-17(11-18(23-14)25-6-8-28-9-7-25)24-2-4-26(5-3-24)19(27)15-10-16(20)13-21-12-15/h10-13H,2-9H2,1H3. The molecule has 2 aromatic heterocycles. The van der Waals surface area contributed by atoms with Crippen molar-refractivity contribution in [1.82, 2.24) is 19.9 Å². The number of ether oxygens (including phenoxy) is 1. The zero-order valence-electron chi connectivity index (χ0n) is 15.8. The number of halogens is 1. The maximum Gasteiger partial charge on any atom is 0.255 e. The Morgan fingerprint density at radius 2 is 1.61 bits per heavy atom. The number of aromatic nitrogens is 3. The first-order chi connectivity index (χ1) is 13.6. The molecule has 2 saturated heterocycles. The number of piperazine rings is 1. The van der Waals surface area contributed by atoms with Gasteiger partial charge in [0.15, 0.2) is 0 Å². The van der Waals surface area contributed by atoms with Gasteiger partial charge in [-0.2, -0.15) is 0 Å². The fourth-order valence-electron chi connectivity index (χ4n) is 3.50. The van der Waals surface area contributed by atoms with Gasteiger partial charge in [0.25, 0.3) is 5.91 Å². The highest BCUT2D eigenvalue weighted by molar-refractivity contribution is 5.94. The fraction of sp³-hybridized carbons (Fsp3) is 0.474. The van der Waals surface area contributed by atoms with Crippen molar-refractivity contribution in [2.75, 3.05) is 62.3 Å². The molecule has 0 radical (unpaired) electrons. The number of anilines is 2. The first kappa shape index (κ1) is 18.5. The van der Waals surface area contributed by atoms with Crippen LogP contribution in [0.15, 0.2) is 24.5 Å². The van der Waals surface area contributed by atoms with Crippen LogP contribution < -0.4 is 9.80 Å².